The normalized spacial score (nSPS) is 12.7. The average Bonchev–Trinajstić information content (AvgIpc) is 2.78. The van der Waals surface area contributed by atoms with Crippen LogP contribution in [0.2, 0.25) is 0 Å². The molecule has 1 aromatic heterocycles. The monoisotopic (exact) mass is 299 g/mol. The van der Waals surface area contributed by atoms with Crippen molar-refractivity contribution < 1.29 is 4.39 Å². The minimum Gasteiger partial charge on any atom is -0.309 e. The van der Waals surface area contributed by atoms with Gasteiger partial charge in [-0.2, -0.15) is 0 Å². The molecule has 0 aliphatic heterocycles. The van der Waals surface area contributed by atoms with Gasteiger partial charge in [-0.05, 0) is 42.3 Å². The fraction of sp³-hybridized carbons (Fsp3) is 0.167. The molecule has 0 aliphatic carbocycles. The van der Waals surface area contributed by atoms with Gasteiger partial charge in [-0.3, -0.25) is 0 Å². The Balaban J connectivity index is 2.44. The molecular formula is C12H11BrFNS. The van der Waals surface area contributed by atoms with Gasteiger partial charge in [-0.25, -0.2) is 4.39 Å². The fourth-order valence-electron chi connectivity index (χ4n) is 1.64. The zero-order valence-corrected chi connectivity index (χ0v) is 11.1. The zero-order chi connectivity index (χ0) is 11.5. The van der Waals surface area contributed by atoms with Crippen molar-refractivity contribution in [3.63, 3.8) is 0 Å². The first-order valence-electron chi connectivity index (χ1n) is 4.88. The second-order valence-corrected chi connectivity index (χ2v) is 5.24. The van der Waals surface area contributed by atoms with Crippen LogP contribution in [0.1, 0.15) is 16.5 Å². The number of hydrogen-bond donors (Lipinski definition) is 1. The Kier molecular flexibility index (Phi) is 3.74. The van der Waals surface area contributed by atoms with Crippen molar-refractivity contribution in [2.45, 2.75) is 6.04 Å². The first-order chi connectivity index (χ1) is 7.72. The third-order valence-corrected chi connectivity index (χ3v) is 4.04. The third kappa shape index (κ3) is 2.34. The van der Waals surface area contributed by atoms with Crippen LogP contribution < -0.4 is 5.32 Å². The van der Waals surface area contributed by atoms with Crippen molar-refractivity contribution >= 4 is 27.3 Å². The summed E-state index contributed by atoms with van der Waals surface area (Å²) in [5.74, 6) is -0.213. The summed E-state index contributed by atoms with van der Waals surface area (Å²) in [6, 6.07) is 8.83. The van der Waals surface area contributed by atoms with E-state index in [0.29, 0.717) is 0 Å². The van der Waals surface area contributed by atoms with E-state index in [9.17, 15) is 4.39 Å². The van der Waals surface area contributed by atoms with Crippen LogP contribution >= 0.6 is 27.3 Å². The lowest BCUT2D eigenvalue weighted by atomic mass is 10.1. The van der Waals surface area contributed by atoms with Crippen LogP contribution in [0.3, 0.4) is 0 Å². The highest BCUT2D eigenvalue weighted by molar-refractivity contribution is 9.10. The maximum Gasteiger partial charge on any atom is 0.123 e. The van der Waals surface area contributed by atoms with Crippen molar-refractivity contribution in [1.82, 2.24) is 5.32 Å². The summed E-state index contributed by atoms with van der Waals surface area (Å²) in [5.41, 5.74) is 0.921. The Hall–Kier alpha value is -0.710. The highest BCUT2D eigenvalue weighted by Gasteiger charge is 2.16. The zero-order valence-electron chi connectivity index (χ0n) is 8.71. The van der Waals surface area contributed by atoms with Crippen molar-refractivity contribution in [3.8, 4) is 0 Å². The molecule has 1 heterocycles. The largest absolute Gasteiger partial charge is 0.309 e. The molecule has 84 valence electrons. The summed E-state index contributed by atoms with van der Waals surface area (Å²) in [4.78, 5) is 1.17. The van der Waals surface area contributed by atoms with Gasteiger partial charge in [0.1, 0.15) is 5.82 Å². The van der Waals surface area contributed by atoms with Crippen molar-refractivity contribution in [1.29, 1.82) is 0 Å². The van der Waals surface area contributed by atoms with Crippen LogP contribution in [0.5, 0.6) is 0 Å². The SMILES string of the molecule is CNC(c1cccs1)c1cc(F)ccc1Br. The molecule has 1 nitrogen and oxygen atoms in total. The molecule has 0 spiro atoms. The smallest absolute Gasteiger partial charge is 0.123 e. The summed E-state index contributed by atoms with van der Waals surface area (Å²) in [6.45, 7) is 0. The Bertz CT molecular complexity index is 470. The van der Waals surface area contributed by atoms with Gasteiger partial charge < -0.3 is 5.32 Å². The average molecular weight is 300 g/mol. The van der Waals surface area contributed by atoms with E-state index in [1.807, 2.05) is 24.6 Å². The van der Waals surface area contributed by atoms with E-state index < -0.39 is 0 Å². The molecule has 1 N–H and O–H groups in total. The lowest BCUT2D eigenvalue weighted by molar-refractivity contribution is 0.617. The minimum atomic E-state index is -0.213. The van der Waals surface area contributed by atoms with Crippen LogP contribution in [0.25, 0.3) is 0 Å². The molecule has 2 aromatic rings. The second-order valence-electron chi connectivity index (χ2n) is 3.40. The number of halogens is 2. The van der Waals surface area contributed by atoms with Crippen LogP contribution in [0, 0.1) is 5.82 Å². The van der Waals surface area contributed by atoms with Gasteiger partial charge in [0.25, 0.3) is 0 Å². The molecule has 0 saturated heterocycles. The van der Waals surface area contributed by atoms with Gasteiger partial charge in [0.05, 0.1) is 6.04 Å². The fourth-order valence-corrected chi connectivity index (χ4v) is 2.97. The molecule has 0 saturated carbocycles. The van der Waals surface area contributed by atoms with E-state index in [1.54, 1.807) is 23.5 Å². The summed E-state index contributed by atoms with van der Waals surface area (Å²) >= 11 is 5.11. The summed E-state index contributed by atoms with van der Waals surface area (Å²) in [5, 5.41) is 5.22. The highest BCUT2D eigenvalue weighted by atomic mass is 79.9. The molecule has 1 unspecified atom stereocenters. The highest BCUT2D eigenvalue weighted by Crippen LogP contribution is 2.31. The van der Waals surface area contributed by atoms with Crippen molar-refractivity contribution in [3.05, 3.63) is 56.4 Å². The minimum absolute atomic E-state index is 0.0325. The van der Waals surface area contributed by atoms with E-state index in [4.69, 9.17) is 0 Å². The molecule has 0 radical (unpaired) electrons. The molecule has 16 heavy (non-hydrogen) atoms. The van der Waals surface area contributed by atoms with Gasteiger partial charge in [-0.1, -0.05) is 22.0 Å². The molecule has 0 aliphatic rings. The van der Waals surface area contributed by atoms with Gasteiger partial charge in [-0.15, -0.1) is 11.3 Å². The summed E-state index contributed by atoms with van der Waals surface area (Å²) < 4.78 is 14.2. The Morgan fingerprint density at radius 3 is 2.81 bits per heavy atom. The Morgan fingerprint density at radius 2 is 2.19 bits per heavy atom. The number of thiophene rings is 1. The molecular weight excluding hydrogens is 289 g/mol. The van der Waals surface area contributed by atoms with Gasteiger partial charge in [0, 0.05) is 9.35 Å². The number of hydrogen-bond acceptors (Lipinski definition) is 2. The van der Waals surface area contributed by atoms with E-state index in [0.717, 1.165) is 10.0 Å². The molecule has 2 rings (SSSR count). The number of rotatable bonds is 3. The lowest BCUT2D eigenvalue weighted by Gasteiger charge is -2.16. The molecule has 0 amide bonds. The molecule has 1 aromatic carbocycles. The molecule has 0 bridgehead atoms. The van der Waals surface area contributed by atoms with Gasteiger partial charge >= 0.3 is 0 Å². The Labute approximate surface area is 106 Å². The number of nitrogens with one attached hydrogen (secondary N) is 1. The maximum absolute atomic E-state index is 13.2. The quantitative estimate of drug-likeness (QED) is 0.905. The van der Waals surface area contributed by atoms with Crippen molar-refractivity contribution in [2.24, 2.45) is 0 Å². The predicted octanol–water partition coefficient (Wildman–Crippen LogP) is 3.96. The van der Waals surface area contributed by atoms with Crippen LogP contribution in [-0.2, 0) is 0 Å². The first kappa shape index (κ1) is 11.8. The summed E-state index contributed by atoms with van der Waals surface area (Å²) in [6.07, 6.45) is 0. The molecule has 4 heteroatoms. The van der Waals surface area contributed by atoms with E-state index in [2.05, 4.69) is 21.2 Å². The van der Waals surface area contributed by atoms with E-state index in [1.165, 1.54) is 10.9 Å². The first-order valence-corrected chi connectivity index (χ1v) is 6.55. The maximum atomic E-state index is 13.2. The predicted molar refractivity (Wildman–Crippen MR) is 69.3 cm³/mol. The molecule has 1 atom stereocenters. The van der Waals surface area contributed by atoms with E-state index >= 15 is 0 Å². The van der Waals surface area contributed by atoms with Crippen LogP contribution in [-0.4, -0.2) is 7.05 Å². The Morgan fingerprint density at radius 1 is 1.38 bits per heavy atom. The van der Waals surface area contributed by atoms with Crippen LogP contribution in [0.15, 0.2) is 40.2 Å². The van der Waals surface area contributed by atoms with Gasteiger partial charge in [0.2, 0.25) is 0 Å². The van der Waals surface area contributed by atoms with Crippen LogP contribution in [0.4, 0.5) is 4.39 Å². The lowest BCUT2D eigenvalue weighted by Crippen LogP contribution is -2.17. The third-order valence-electron chi connectivity index (χ3n) is 2.39. The number of benzene rings is 1. The van der Waals surface area contributed by atoms with Crippen molar-refractivity contribution in [2.75, 3.05) is 7.05 Å². The standard InChI is InChI=1S/C12H11BrFNS/c1-15-12(11-3-2-6-16-11)9-7-8(14)4-5-10(9)13/h2-7,12,15H,1H3. The topological polar surface area (TPSA) is 12.0 Å². The van der Waals surface area contributed by atoms with Gasteiger partial charge in [0.15, 0.2) is 0 Å². The second kappa shape index (κ2) is 5.08. The molecule has 0 fully saturated rings. The van der Waals surface area contributed by atoms with E-state index in [-0.39, 0.29) is 11.9 Å². The summed E-state index contributed by atoms with van der Waals surface area (Å²) in [7, 11) is 1.88.